The van der Waals surface area contributed by atoms with E-state index in [2.05, 4.69) is 69.4 Å². The van der Waals surface area contributed by atoms with E-state index in [1.807, 2.05) is 0 Å². The first-order valence-corrected chi connectivity index (χ1v) is 27.1. The van der Waals surface area contributed by atoms with Crippen LogP contribution < -0.4 is 0 Å². The lowest BCUT2D eigenvalue weighted by atomic mass is 10.0. The fourth-order valence-electron chi connectivity index (χ4n) is 7.68. The van der Waals surface area contributed by atoms with Crippen LogP contribution in [0.4, 0.5) is 0 Å². The highest BCUT2D eigenvalue weighted by Gasteiger charge is 2.19. The second kappa shape index (κ2) is 52.0. The first-order valence-electron chi connectivity index (χ1n) is 27.1. The van der Waals surface area contributed by atoms with Gasteiger partial charge in [-0.1, -0.05) is 223 Å². The highest BCUT2D eigenvalue weighted by atomic mass is 16.6. The fraction of sp³-hybridized carbons (Fsp3) is 0.807. The monoisotopic (exact) mass is 883 g/mol. The van der Waals surface area contributed by atoms with Crippen molar-refractivity contribution in [2.24, 2.45) is 0 Å². The van der Waals surface area contributed by atoms with Crippen molar-refractivity contribution in [2.45, 2.75) is 284 Å². The van der Waals surface area contributed by atoms with Gasteiger partial charge in [0, 0.05) is 19.3 Å². The fourth-order valence-corrected chi connectivity index (χ4v) is 7.68. The van der Waals surface area contributed by atoms with Crippen molar-refractivity contribution in [3.05, 3.63) is 48.6 Å². The molecule has 366 valence electrons. The van der Waals surface area contributed by atoms with Crippen LogP contribution in [0.2, 0.25) is 0 Å². The van der Waals surface area contributed by atoms with Crippen LogP contribution in [0.5, 0.6) is 0 Å². The van der Waals surface area contributed by atoms with E-state index in [9.17, 15) is 14.4 Å². The number of rotatable bonds is 49. The van der Waals surface area contributed by atoms with E-state index < -0.39 is 6.10 Å². The minimum Gasteiger partial charge on any atom is -0.462 e. The molecule has 0 rings (SSSR count). The molecule has 0 aliphatic heterocycles. The Morgan fingerprint density at radius 3 is 0.905 bits per heavy atom. The summed E-state index contributed by atoms with van der Waals surface area (Å²) in [5.74, 6) is -0.890. The van der Waals surface area contributed by atoms with Gasteiger partial charge in [-0.05, 0) is 83.5 Å². The van der Waals surface area contributed by atoms with Gasteiger partial charge in [0.05, 0.1) is 0 Å². The molecular weight excluding hydrogens is 781 g/mol. The average Bonchev–Trinajstić information content (AvgIpc) is 3.28. The lowest BCUT2D eigenvalue weighted by Gasteiger charge is -2.18. The summed E-state index contributed by atoms with van der Waals surface area (Å²) in [4.78, 5) is 38.0. The highest BCUT2D eigenvalue weighted by Crippen LogP contribution is 2.15. The third-order valence-corrected chi connectivity index (χ3v) is 11.8. The highest BCUT2D eigenvalue weighted by molar-refractivity contribution is 5.71. The van der Waals surface area contributed by atoms with Crippen molar-refractivity contribution in [1.82, 2.24) is 0 Å². The van der Waals surface area contributed by atoms with Gasteiger partial charge in [-0.3, -0.25) is 14.4 Å². The van der Waals surface area contributed by atoms with E-state index in [1.165, 1.54) is 148 Å². The van der Waals surface area contributed by atoms with Crippen molar-refractivity contribution in [2.75, 3.05) is 13.2 Å². The van der Waals surface area contributed by atoms with Crippen LogP contribution >= 0.6 is 0 Å². The molecular formula is C57H102O6. The molecule has 0 N–H and O–H groups in total. The molecule has 0 bridgehead atoms. The van der Waals surface area contributed by atoms with Crippen molar-refractivity contribution in [3.63, 3.8) is 0 Å². The molecule has 1 atom stereocenters. The van der Waals surface area contributed by atoms with Crippen molar-refractivity contribution in [1.29, 1.82) is 0 Å². The number of unbranched alkanes of at least 4 members (excludes halogenated alkanes) is 30. The summed E-state index contributed by atoms with van der Waals surface area (Å²) in [7, 11) is 0. The van der Waals surface area contributed by atoms with Crippen LogP contribution in [0, 0.1) is 0 Å². The van der Waals surface area contributed by atoms with Gasteiger partial charge >= 0.3 is 17.9 Å². The maximum absolute atomic E-state index is 12.8. The van der Waals surface area contributed by atoms with Crippen molar-refractivity contribution in [3.8, 4) is 0 Å². The molecule has 6 heteroatoms. The largest absolute Gasteiger partial charge is 0.462 e. The Labute approximate surface area is 390 Å². The van der Waals surface area contributed by atoms with Crippen LogP contribution in [0.25, 0.3) is 0 Å². The molecule has 0 radical (unpaired) electrons. The molecule has 0 aromatic rings. The Bertz CT molecular complexity index is 1110. The number of hydrogen-bond donors (Lipinski definition) is 0. The summed E-state index contributed by atoms with van der Waals surface area (Å²) in [6, 6.07) is 0. The molecule has 0 saturated carbocycles. The SMILES string of the molecule is CCCCCC=CCC=CCCCCCCCCCC(=O)OC[C@@H](COC(=O)CCCCCCCC=CCC=CCCCCC)OC(=O)CCCCCCCCCCCCCCC. The summed E-state index contributed by atoms with van der Waals surface area (Å²) in [6.07, 6.45) is 62.3. The van der Waals surface area contributed by atoms with Crippen LogP contribution in [0.1, 0.15) is 278 Å². The second-order valence-electron chi connectivity index (χ2n) is 18.1. The zero-order valence-corrected chi connectivity index (χ0v) is 41.8. The van der Waals surface area contributed by atoms with E-state index in [1.54, 1.807) is 0 Å². The molecule has 0 aliphatic carbocycles. The molecule has 0 saturated heterocycles. The molecule has 6 nitrogen and oxygen atoms in total. The van der Waals surface area contributed by atoms with Gasteiger partial charge in [-0.15, -0.1) is 0 Å². The molecule has 0 heterocycles. The lowest BCUT2D eigenvalue weighted by molar-refractivity contribution is -0.167. The van der Waals surface area contributed by atoms with Gasteiger partial charge in [0.25, 0.3) is 0 Å². The standard InChI is InChI=1S/C57H102O6/c1-4-7-10-13-16-19-22-25-27-28-30-33-35-38-41-44-47-50-56(59)62-53-54(63-57(60)51-48-45-42-39-36-31-24-21-18-15-12-9-6-3)52-61-55(58)49-46-43-40-37-34-32-29-26-23-20-17-14-11-8-5-2/h16-17,19-20,25-27,29,54H,4-15,18,21-24,28,30-53H2,1-3H3/t54-/m1/s1. The number of esters is 3. The van der Waals surface area contributed by atoms with E-state index in [-0.39, 0.29) is 31.1 Å². The normalized spacial score (nSPS) is 12.4. The van der Waals surface area contributed by atoms with Crippen LogP contribution in [0.3, 0.4) is 0 Å². The predicted molar refractivity (Wildman–Crippen MR) is 270 cm³/mol. The number of ether oxygens (including phenoxy) is 3. The minimum absolute atomic E-state index is 0.0795. The molecule has 63 heavy (non-hydrogen) atoms. The van der Waals surface area contributed by atoms with Gasteiger partial charge in [0.15, 0.2) is 6.10 Å². The molecule has 0 amide bonds. The first-order chi connectivity index (χ1) is 31.0. The molecule has 0 aromatic carbocycles. The first kappa shape index (κ1) is 60.4. The van der Waals surface area contributed by atoms with E-state index in [4.69, 9.17) is 14.2 Å². The molecule has 0 fully saturated rings. The second-order valence-corrected chi connectivity index (χ2v) is 18.1. The Morgan fingerprint density at radius 2 is 0.571 bits per heavy atom. The summed E-state index contributed by atoms with van der Waals surface area (Å²) in [5.41, 5.74) is 0. The Hall–Kier alpha value is -2.63. The molecule has 0 aliphatic rings. The third-order valence-electron chi connectivity index (χ3n) is 11.8. The maximum Gasteiger partial charge on any atom is 0.306 e. The van der Waals surface area contributed by atoms with Gasteiger partial charge in [0.2, 0.25) is 0 Å². The number of hydrogen-bond acceptors (Lipinski definition) is 6. The molecule has 0 aromatic heterocycles. The van der Waals surface area contributed by atoms with Crippen LogP contribution in [-0.2, 0) is 28.6 Å². The smallest absolute Gasteiger partial charge is 0.306 e. The number of allylic oxidation sites excluding steroid dienone is 8. The van der Waals surface area contributed by atoms with Crippen molar-refractivity contribution < 1.29 is 28.6 Å². The minimum atomic E-state index is -0.779. The number of carbonyl (C=O) groups is 3. The van der Waals surface area contributed by atoms with Crippen LogP contribution in [0.15, 0.2) is 48.6 Å². The predicted octanol–water partition coefficient (Wildman–Crippen LogP) is 17.9. The topological polar surface area (TPSA) is 78.9 Å². The summed E-state index contributed by atoms with van der Waals surface area (Å²) < 4.78 is 16.8. The Balaban J connectivity index is 4.38. The molecule has 0 spiro atoms. The summed E-state index contributed by atoms with van der Waals surface area (Å²) in [5, 5.41) is 0. The average molecular weight is 883 g/mol. The Kier molecular flexibility index (Phi) is 49.8. The van der Waals surface area contributed by atoms with Crippen molar-refractivity contribution >= 4 is 17.9 Å². The zero-order valence-electron chi connectivity index (χ0n) is 41.8. The van der Waals surface area contributed by atoms with E-state index in [0.717, 1.165) is 89.9 Å². The van der Waals surface area contributed by atoms with Gasteiger partial charge in [0.1, 0.15) is 13.2 Å². The zero-order chi connectivity index (χ0) is 45.8. The lowest BCUT2D eigenvalue weighted by Crippen LogP contribution is -2.30. The van der Waals surface area contributed by atoms with E-state index >= 15 is 0 Å². The maximum atomic E-state index is 12.8. The molecule has 0 unspecified atom stereocenters. The van der Waals surface area contributed by atoms with Gasteiger partial charge in [-0.25, -0.2) is 0 Å². The van der Waals surface area contributed by atoms with Gasteiger partial charge < -0.3 is 14.2 Å². The van der Waals surface area contributed by atoms with Crippen LogP contribution in [-0.4, -0.2) is 37.2 Å². The number of carbonyl (C=O) groups excluding carboxylic acids is 3. The Morgan fingerprint density at radius 1 is 0.317 bits per heavy atom. The van der Waals surface area contributed by atoms with Gasteiger partial charge in [-0.2, -0.15) is 0 Å². The summed E-state index contributed by atoms with van der Waals surface area (Å²) >= 11 is 0. The third kappa shape index (κ3) is 50.2. The quantitative estimate of drug-likeness (QED) is 0.0262. The summed E-state index contributed by atoms with van der Waals surface area (Å²) in [6.45, 7) is 6.59. The van der Waals surface area contributed by atoms with E-state index in [0.29, 0.717) is 19.3 Å².